The first-order valence-electron chi connectivity index (χ1n) is 9.26. The molecule has 0 aliphatic carbocycles. The van der Waals surface area contributed by atoms with Crippen LogP contribution in [-0.2, 0) is 9.47 Å². The van der Waals surface area contributed by atoms with Crippen LogP contribution in [-0.4, -0.2) is 73.1 Å². The van der Waals surface area contributed by atoms with Gasteiger partial charge in [-0.25, -0.2) is 0 Å². The number of ether oxygens (including phenoxy) is 2. The molecule has 3 aliphatic heterocycles. The second-order valence-electron chi connectivity index (χ2n) is 7.41. The van der Waals surface area contributed by atoms with Crippen molar-refractivity contribution in [1.82, 2.24) is 20.4 Å². The third-order valence-corrected chi connectivity index (χ3v) is 5.74. The van der Waals surface area contributed by atoms with Crippen molar-refractivity contribution in [2.75, 3.05) is 46.0 Å². The molecule has 3 saturated heterocycles. The van der Waals surface area contributed by atoms with E-state index in [2.05, 4.69) is 20.4 Å². The molecular weight excluding hydrogens is 320 g/mol. The van der Waals surface area contributed by atoms with E-state index in [1.54, 1.807) is 6.07 Å². The fourth-order valence-electron chi connectivity index (χ4n) is 4.29. The maximum Gasteiger partial charge on any atom is 0.253 e. The highest BCUT2D eigenvalue weighted by Gasteiger charge is 2.41. The van der Waals surface area contributed by atoms with Gasteiger partial charge in [-0.1, -0.05) is 0 Å². The number of likely N-dealkylation sites (tertiary alicyclic amines) is 1. The second kappa shape index (κ2) is 7.76. The van der Waals surface area contributed by atoms with Crippen molar-refractivity contribution in [2.45, 2.75) is 18.9 Å². The van der Waals surface area contributed by atoms with Crippen molar-refractivity contribution < 1.29 is 14.3 Å². The van der Waals surface area contributed by atoms with E-state index in [1.165, 1.54) is 25.2 Å². The summed E-state index contributed by atoms with van der Waals surface area (Å²) in [6.45, 7) is 6.55. The zero-order valence-corrected chi connectivity index (χ0v) is 14.5. The summed E-state index contributed by atoms with van der Waals surface area (Å²) in [5, 5.41) is 10.4. The lowest BCUT2D eigenvalue weighted by atomic mass is 9.84. The zero-order valence-electron chi connectivity index (χ0n) is 14.5. The number of carbonyl (C=O) groups is 1. The van der Waals surface area contributed by atoms with Gasteiger partial charge in [-0.3, -0.25) is 4.79 Å². The number of hydrogen-bond acceptors (Lipinski definition) is 6. The van der Waals surface area contributed by atoms with Gasteiger partial charge in [0, 0.05) is 32.2 Å². The third-order valence-electron chi connectivity index (χ3n) is 5.74. The van der Waals surface area contributed by atoms with Crippen molar-refractivity contribution in [3.05, 3.63) is 24.0 Å². The molecule has 4 heterocycles. The van der Waals surface area contributed by atoms with E-state index in [1.807, 2.05) is 0 Å². The predicted octanol–water partition coefficient (Wildman–Crippen LogP) is 0.580. The summed E-state index contributed by atoms with van der Waals surface area (Å²) in [6.07, 6.45) is 5.49. The van der Waals surface area contributed by atoms with Crippen molar-refractivity contribution in [1.29, 1.82) is 0 Å². The van der Waals surface area contributed by atoms with E-state index >= 15 is 0 Å². The molecule has 0 bridgehead atoms. The molecule has 0 aromatic carbocycles. The van der Waals surface area contributed by atoms with Crippen molar-refractivity contribution in [3.8, 4) is 0 Å². The number of carbonyl (C=O) groups excluding carboxylic acids is 1. The number of aromatic nitrogens is 2. The minimum absolute atomic E-state index is 0.103. The summed E-state index contributed by atoms with van der Waals surface area (Å²) < 4.78 is 11.5. The molecule has 25 heavy (non-hydrogen) atoms. The summed E-state index contributed by atoms with van der Waals surface area (Å²) in [5.74, 6) is 1.70. The van der Waals surface area contributed by atoms with Crippen LogP contribution in [0.1, 0.15) is 23.2 Å². The SMILES string of the molecule is O=C(NC[C@H]1OC[C@@H]2CCN(CC3CCOC3)C[C@@H]21)c1ccnnc1. The molecular formula is C18H26N4O3. The quantitative estimate of drug-likeness (QED) is 0.840. The van der Waals surface area contributed by atoms with Crippen LogP contribution in [0.2, 0.25) is 0 Å². The molecule has 1 amide bonds. The van der Waals surface area contributed by atoms with Gasteiger partial charge < -0.3 is 19.7 Å². The fraction of sp³-hybridized carbons (Fsp3) is 0.722. The Balaban J connectivity index is 1.29. The molecule has 7 heteroatoms. The summed E-state index contributed by atoms with van der Waals surface area (Å²) >= 11 is 0. The molecule has 0 spiro atoms. The standard InChI is InChI=1S/C18H26N4O3/c23-18(14-1-4-20-21-7-14)19-8-17-16-10-22(5-2-15(16)12-25-17)9-13-3-6-24-11-13/h1,4,7,13,15-17H,2-3,5-6,8-12H2,(H,19,23)/t13?,15-,16-,17+/m0/s1. The molecule has 4 atom stereocenters. The van der Waals surface area contributed by atoms with Crippen LogP contribution in [0.15, 0.2) is 18.5 Å². The third kappa shape index (κ3) is 3.99. The number of amides is 1. The van der Waals surface area contributed by atoms with E-state index in [-0.39, 0.29) is 12.0 Å². The van der Waals surface area contributed by atoms with Gasteiger partial charge in [-0.2, -0.15) is 10.2 Å². The van der Waals surface area contributed by atoms with E-state index in [4.69, 9.17) is 9.47 Å². The number of nitrogens with one attached hydrogen (secondary N) is 1. The summed E-state index contributed by atoms with van der Waals surface area (Å²) in [5.41, 5.74) is 0.538. The highest BCUT2D eigenvalue weighted by molar-refractivity contribution is 5.93. The number of nitrogens with zero attached hydrogens (tertiary/aromatic N) is 3. The predicted molar refractivity (Wildman–Crippen MR) is 91.1 cm³/mol. The number of fused-ring (bicyclic) bond motifs is 1. The van der Waals surface area contributed by atoms with Crippen LogP contribution in [0.3, 0.4) is 0 Å². The van der Waals surface area contributed by atoms with Crippen molar-refractivity contribution >= 4 is 5.91 Å². The van der Waals surface area contributed by atoms with E-state index in [9.17, 15) is 4.79 Å². The van der Waals surface area contributed by atoms with Gasteiger partial charge >= 0.3 is 0 Å². The number of piperidine rings is 1. The minimum atomic E-state index is -0.113. The van der Waals surface area contributed by atoms with Crippen LogP contribution >= 0.6 is 0 Å². The lowest BCUT2D eigenvalue weighted by Crippen LogP contribution is -2.46. The van der Waals surface area contributed by atoms with Crippen molar-refractivity contribution in [2.24, 2.45) is 17.8 Å². The molecule has 1 aromatic heterocycles. The Bertz CT molecular complexity index is 579. The summed E-state index contributed by atoms with van der Waals surface area (Å²) in [6, 6.07) is 1.67. The average Bonchev–Trinajstić information content (AvgIpc) is 3.30. The smallest absolute Gasteiger partial charge is 0.253 e. The Morgan fingerprint density at radius 2 is 2.28 bits per heavy atom. The first-order chi connectivity index (χ1) is 12.3. The minimum Gasteiger partial charge on any atom is -0.381 e. The van der Waals surface area contributed by atoms with Gasteiger partial charge in [0.25, 0.3) is 5.91 Å². The average molecular weight is 346 g/mol. The molecule has 1 aromatic rings. The fourth-order valence-corrected chi connectivity index (χ4v) is 4.29. The number of hydrogen-bond donors (Lipinski definition) is 1. The van der Waals surface area contributed by atoms with Crippen LogP contribution < -0.4 is 5.32 Å². The maximum absolute atomic E-state index is 12.2. The maximum atomic E-state index is 12.2. The van der Waals surface area contributed by atoms with Crippen LogP contribution in [0.4, 0.5) is 0 Å². The lowest BCUT2D eigenvalue weighted by Gasteiger charge is -2.37. The van der Waals surface area contributed by atoms with E-state index in [0.29, 0.717) is 29.9 Å². The van der Waals surface area contributed by atoms with Gasteiger partial charge in [-0.05, 0) is 37.3 Å². The Morgan fingerprint density at radius 1 is 1.32 bits per heavy atom. The normalized spacial score (nSPS) is 32.5. The molecule has 4 rings (SSSR count). The van der Waals surface area contributed by atoms with Gasteiger partial charge in [0.1, 0.15) is 0 Å². The highest BCUT2D eigenvalue weighted by Crippen LogP contribution is 2.34. The van der Waals surface area contributed by atoms with Crippen LogP contribution in [0, 0.1) is 17.8 Å². The molecule has 3 fully saturated rings. The number of rotatable bonds is 5. The van der Waals surface area contributed by atoms with E-state index in [0.717, 1.165) is 39.5 Å². The lowest BCUT2D eigenvalue weighted by molar-refractivity contribution is 0.0652. The van der Waals surface area contributed by atoms with Crippen LogP contribution in [0.25, 0.3) is 0 Å². The molecule has 1 unspecified atom stereocenters. The highest BCUT2D eigenvalue weighted by atomic mass is 16.5. The second-order valence-corrected chi connectivity index (χ2v) is 7.41. The van der Waals surface area contributed by atoms with Crippen molar-refractivity contribution in [3.63, 3.8) is 0 Å². The molecule has 0 radical (unpaired) electrons. The first-order valence-corrected chi connectivity index (χ1v) is 9.26. The topological polar surface area (TPSA) is 76.6 Å². The molecule has 0 saturated carbocycles. The Labute approximate surface area is 148 Å². The largest absolute Gasteiger partial charge is 0.381 e. The molecule has 7 nitrogen and oxygen atoms in total. The van der Waals surface area contributed by atoms with Gasteiger partial charge in [0.2, 0.25) is 0 Å². The Kier molecular flexibility index (Phi) is 5.24. The first kappa shape index (κ1) is 16.9. The monoisotopic (exact) mass is 346 g/mol. The Hall–Kier alpha value is -1.57. The van der Waals surface area contributed by atoms with E-state index < -0.39 is 0 Å². The van der Waals surface area contributed by atoms with Gasteiger partial charge in [0.15, 0.2) is 0 Å². The van der Waals surface area contributed by atoms with Gasteiger partial charge in [-0.15, -0.1) is 0 Å². The Morgan fingerprint density at radius 3 is 3.08 bits per heavy atom. The summed E-state index contributed by atoms with van der Waals surface area (Å²) in [7, 11) is 0. The molecule has 136 valence electrons. The summed E-state index contributed by atoms with van der Waals surface area (Å²) in [4.78, 5) is 14.8. The van der Waals surface area contributed by atoms with Crippen LogP contribution in [0.5, 0.6) is 0 Å². The zero-order chi connectivity index (χ0) is 17.1. The molecule has 1 N–H and O–H groups in total. The molecule has 3 aliphatic rings. The van der Waals surface area contributed by atoms with Gasteiger partial charge in [0.05, 0.1) is 37.3 Å².